The SMILES string of the molecule is Cc1ccc(S(=O)(=O)Nc2cc(-c3ccc(Cl)cc3)no2)cc1Cl. The zero-order valence-corrected chi connectivity index (χ0v) is 14.8. The van der Waals surface area contributed by atoms with Crippen molar-refractivity contribution in [3.05, 3.63) is 64.1 Å². The normalized spacial score (nSPS) is 11.5. The predicted octanol–water partition coefficient (Wildman–Crippen LogP) is 4.76. The third kappa shape index (κ3) is 3.56. The minimum absolute atomic E-state index is 0.0108. The lowest BCUT2D eigenvalue weighted by Gasteiger charge is -2.06. The molecule has 8 heteroatoms. The maximum Gasteiger partial charge on any atom is 0.264 e. The molecule has 1 heterocycles. The molecule has 0 aliphatic heterocycles. The molecule has 0 fully saturated rings. The van der Waals surface area contributed by atoms with Crippen molar-refractivity contribution in [1.29, 1.82) is 0 Å². The summed E-state index contributed by atoms with van der Waals surface area (Å²) in [5.74, 6) is 0.0108. The lowest BCUT2D eigenvalue weighted by molar-refractivity contribution is 0.438. The van der Waals surface area contributed by atoms with Gasteiger partial charge in [-0.15, -0.1) is 0 Å². The third-order valence-electron chi connectivity index (χ3n) is 3.34. The molecule has 0 bridgehead atoms. The highest BCUT2D eigenvalue weighted by atomic mass is 35.5. The topological polar surface area (TPSA) is 72.2 Å². The zero-order chi connectivity index (χ0) is 17.3. The fourth-order valence-electron chi connectivity index (χ4n) is 2.01. The Bertz CT molecular complexity index is 983. The van der Waals surface area contributed by atoms with Crippen LogP contribution < -0.4 is 4.72 Å². The van der Waals surface area contributed by atoms with Gasteiger partial charge in [-0.3, -0.25) is 0 Å². The summed E-state index contributed by atoms with van der Waals surface area (Å²) in [4.78, 5) is 0.0440. The van der Waals surface area contributed by atoms with Crippen molar-refractivity contribution in [1.82, 2.24) is 5.16 Å². The highest BCUT2D eigenvalue weighted by molar-refractivity contribution is 7.92. The van der Waals surface area contributed by atoms with Crippen molar-refractivity contribution < 1.29 is 12.9 Å². The van der Waals surface area contributed by atoms with E-state index in [0.29, 0.717) is 15.7 Å². The maximum atomic E-state index is 12.4. The molecule has 0 aliphatic carbocycles. The first-order valence-electron chi connectivity index (χ1n) is 6.87. The summed E-state index contributed by atoms with van der Waals surface area (Å²) in [6.07, 6.45) is 0. The number of anilines is 1. The van der Waals surface area contributed by atoms with E-state index in [2.05, 4.69) is 9.88 Å². The number of halogens is 2. The summed E-state index contributed by atoms with van der Waals surface area (Å²) in [6.45, 7) is 1.79. The van der Waals surface area contributed by atoms with Crippen LogP contribution in [0.25, 0.3) is 11.3 Å². The van der Waals surface area contributed by atoms with Crippen LogP contribution >= 0.6 is 23.2 Å². The van der Waals surface area contributed by atoms with Crippen molar-refractivity contribution in [2.45, 2.75) is 11.8 Å². The quantitative estimate of drug-likeness (QED) is 0.705. The smallest absolute Gasteiger partial charge is 0.264 e. The number of aryl methyl sites for hydroxylation is 1. The first-order valence-corrected chi connectivity index (χ1v) is 9.11. The number of rotatable bonds is 4. The van der Waals surface area contributed by atoms with Gasteiger partial charge in [0.1, 0.15) is 5.69 Å². The Morgan fingerprint density at radius 1 is 1.04 bits per heavy atom. The Labute approximate surface area is 149 Å². The second-order valence-corrected chi connectivity index (χ2v) is 7.63. The molecule has 3 aromatic rings. The number of nitrogens with one attached hydrogen (secondary N) is 1. The van der Waals surface area contributed by atoms with E-state index in [-0.39, 0.29) is 10.8 Å². The summed E-state index contributed by atoms with van der Waals surface area (Å²) in [7, 11) is -3.82. The van der Waals surface area contributed by atoms with E-state index in [1.807, 2.05) is 0 Å². The summed E-state index contributed by atoms with van der Waals surface area (Å²) < 4.78 is 32.2. The van der Waals surface area contributed by atoms with Crippen LogP contribution in [0.15, 0.2) is 57.9 Å². The number of aromatic nitrogens is 1. The lowest BCUT2D eigenvalue weighted by atomic mass is 10.1. The predicted molar refractivity (Wildman–Crippen MR) is 93.9 cm³/mol. The molecule has 24 heavy (non-hydrogen) atoms. The fourth-order valence-corrected chi connectivity index (χ4v) is 3.38. The summed E-state index contributed by atoms with van der Waals surface area (Å²) in [5.41, 5.74) is 2.04. The van der Waals surface area contributed by atoms with Crippen LogP contribution in [0.4, 0.5) is 5.88 Å². The van der Waals surface area contributed by atoms with Crippen molar-refractivity contribution in [2.75, 3.05) is 4.72 Å². The van der Waals surface area contributed by atoms with Crippen LogP contribution in [0.1, 0.15) is 5.56 Å². The van der Waals surface area contributed by atoms with E-state index in [0.717, 1.165) is 11.1 Å². The van der Waals surface area contributed by atoms with Gasteiger partial charge in [-0.25, -0.2) is 13.1 Å². The Balaban J connectivity index is 1.85. The molecule has 5 nitrogen and oxygen atoms in total. The molecule has 2 aromatic carbocycles. The first kappa shape index (κ1) is 16.8. The Morgan fingerprint density at radius 2 is 1.75 bits per heavy atom. The van der Waals surface area contributed by atoms with Gasteiger partial charge in [-0.1, -0.05) is 46.6 Å². The highest BCUT2D eigenvalue weighted by Crippen LogP contribution is 2.26. The van der Waals surface area contributed by atoms with Gasteiger partial charge in [0.15, 0.2) is 0 Å². The molecule has 0 unspecified atom stereocenters. The Hall–Kier alpha value is -2.02. The fraction of sp³-hybridized carbons (Fsp3) is 0.0625. The second kappa shape index (κ2) is 6.47. The average molecular weight is 383 g/mol. The maximum absolute atomic E-state index is 12.4. The highest BCUT2D eigenvalue weighted by Gasteiger charge is 2.18. The van der Waals surface area contributed by atoms with Crippen LogP contribution in [-0.2, 0) is 10.0 Å². The molecule has 124 valence electrons. The van der Waals surface area contributed by atoms with Gasteiger partial charge in [0, 0.05) is 21.7 Å². The monoisotopic (exact) mass is 382 g/mol. The van der Waals surface area contributed by atoms with Crippen LogP contribution in [0, 0.1) is 6.92 Å². The van der Waals surface area contributed by atoms with Gasteiger partial charge in [-0.2, -0.15) is 0 Å². The van der Waals surface area contributed by atoms with E-state index in [1.165, 1.54) is 18.2 Å². The number of sulfonamides is 1. The lowest BCUT2D eigenvalue weighted by Crippen LogP contribution is -2.12. The van der Waals surface area contributed by atoms with Gasteiger partial charge < -0.3 is 4.52 Å². The minimum Gasteiger partial charge on any atom is -0.337 e. The molecule has 1 N–H and O–H groups in total. The molecule has 0 saturated heterocycles. The standard InChI is InChI=1S/C16H12Cl2N2O3S/c1-10-2-7-13(8-14(10)18)24(21,22)20-16-9-15(19-23-16)11-3-5-12(17)6-4-11/h2-9,20H,1H3. The number of hydrogen-bond donors (Lipinski definition) is 1. The number of benzene rings is 2. The van der Waals surface area contributed by atoms with Crippen molar-refractivity contribution in [2.24, 2.45) is 0 Å². The largest absolute Gasteiger partial charge is 0.337 e. The molecule has 0 atom stereocenters. The third-order valence-corrected chi connectivity index (χ3v) is 5.34. The average Bonchev–Trinajstić information content (AvgIpc) is 2.98. The molecule has 3 rings (SSSR count). The summed E-state index contributed by atoms with van der Waals surface area (Å²) in [6, 6.07) is 12.9. The van der Waals surface area contributed by atoms with E-state index in [1.54, 1.807) is 37.3 Å². The minimum atomic E-state index is -3.82. The van der Waals surface area contributed by atoms with Gasteiger partial charge >= 0.3 is 0 Å². The molecule has 0 spiro atoms. The van der Waals surface area contributed by atoms with Gasteiger partial charge in [0.2, 0.25) is 5.88 Å². The summed E-state index contributed by atoms with van der Waals surface area (Å²) in [5, 5.41) is 4.82. The van der Waals surface area contributed by atoms with Crippen molar-refractivity contribution in [3.8, 4) is 11.3 Å². The molecule has 0 saturated carbocycles. The molecule has 0 radical (unpaired) electrons. The number of nitrogens with zero attached hydrogens (tertiary/aromatic N) is 1. The zero-order valence-electron chi connectivity index (χ0n) is 12.5. The molecular formula is C16H12Cl2N2O3S. The van der Waals surface area contributed by atoms with Crippen molar-refractivity contribution in [3.63, 3.8) is 0 Å². The number of hydrogen-bond acceptors (Lipinski definition) is 4. The Kier molecular flexibility index (Phi) is 4.54. The van der Waals surface area contributed by atoms with Crippen molar-refractivity contribution >= 4 is 39.1 Å². The van der Waals surface area contributed by atoms with Crippen LogP contribution in [0.3, 0.4) is 0 Å². The van der Waals surface area contributed by atoms with E-state index < -0.39 is 10.0 Å². The second-order valence-electron chi connectivity index (χ2n) is 5.10. The van der Waals surface area contributed by atoms with E-state index >= 15 is 0 Å². The van der Waals surface area contributed by atoms with E-state index in [9.17, 15) is 8.42 Å². The van der Waals surface area contributed by atoms with Crippen LogP contribution in [0.2, 0.25) is 10.0 Å². The first-order chi connectivity index (χ1) is 11.3. The van der Waals surface area contributed by atoms with Gasteiger partial charge in [0.25, 0.3) is 10.0 Å². The molecule has 1 aromatic heterocycles. The molecule has 0 aliphatic rings. The van der Waals surface area contributed by atoms with E-state index in [4.69, 9.17) is 27.7 Å². The van der Waals surface area contributed by atoms with Gasteiger partial charge in [0.05, 0.1) is 4.90 Å². The Morgan fingerprint density at radius 3 is 2.42 bits per heavy atom. The summed E-state index contributed by atoms with van der Waals surface area (Å²) >= 11 is 11.8. The van der Waals surface area contributed by atoms with Crippen LogP contribution in [-0.4, -0.2) is 13.6 Å². The van der Waals surface area contributed by atoms with Crippen LogP contribution in [0.5, 0.6) is 0 Å². The molecular weight excluding hydrogens is 371 g/mol. The molecule has 0 amide bonds. The van der Waals surface area contributed by atoms with Gasteiger partial charge in [-0.05, 0) is 36.8 Å².